The molecule has 1 aromatic rings. The second-order valence-corrected chi connectivity index (χ2v) is 6.70. The van der Waals surface area contributed by atoms with Crippen LogP contribution in [0.1, 0.15) is 13.3 Å². The van der Waals surface area contributed by atoms with E-state index >= 15 is 0 Å². The number of nitrogens with zero attached hydrogens (tertiary/aromatic N) is 3. The van der Waals surface area contributed by atoms with Gasteiger partial charge in [0.2, 0.25) is 24.6 Å². The molecule has 1 aromatic carbocycles. The summed E-state index contributed by atoms with van der Waals surface area (Å²) < 4.78 is 10.6. The number of amides is 2. The highest BCUT2D eigenvalue weighted by Gasteiger charge is 2.30. The monoisotopic (exact) mass is 373 g/mol. The summed E-state index contributed by atoms with van der Waals surface area (Å²) in [5.41, 5.74) is 0.587. The first-order chi connectivity index (χ1) is 13.1. The molecule has 4 rings (SSSR count). The average Bonchev–Trinajstić information content (AvgIpc) is 3.15. The Balaban J connectivity index is 1.44. The third-order valence-electron chi connectivity index (χ3n) is 4.97. The van der Waals surface area contributed by atoms with E-state index in [-0.39, 0.29) is 25.0 Å². The van der Waals surface area contributed by atoms with Gasteiger partial charge in [0.15, 0.2) is 11.5 Å². The van der Waals surface area contributed by atoms with Gasteiger partial charge in [-0.25, -0.2) is 4.99 Å². The third-order valence-corrected chi connectivity index (χ3v) is 4.97. The number of benzene rings is 1. The minimum atomic E-state index is -0.747. The van der Waals surface area contributed by atoms with Gasteiger partial charge in [0.1, 0.15) is 6.04 Å². The number of carbonyl (C=O) groups excluding carboxylic acids is 2. The van der Waals surface area contributed by atoms with Gasteiger partial charge in [0.25, 0.3) is 0 Å². The van der Waals surface area contributed by atoms with Crippen molar-refractivity contribution in [2.75, 3.05) is 44.8 Å². The summed E-state index contributed by atoms with van der Waals surface area (Å²) in [5.74, 6) is 1.23. The molecule has 0 radical (unpaired) electrons. The largest absolute Gasteiger partial charge is 0.454 e. The van der Waals surface area contributed by atoms with Crippen LogP contribution in [-0.2, 0) is 9.59 Å². The van der Waals surface area contributed by atoms with Gasteiger partial charge in [-0.15, -0.1) is 0 Å². The van der Waals surface area contributed by atoms with Crippen molar-refractivity contribution in [3.8, 4) is 11.5 Å². The van der Waals surface area contributed by atoms with Gasteiger partial charge in [-0.2, -0.15) is 0 Å². The Bertz CT molecular complexity index is 773. The second-order valence-electron chi connectivity index (χ2n) is 6.70. The summed E-state index contributed by atoms with van der Waals surface area (Å²) in [7, 11) is 0. The van der Waals surface area contributed by atoms with Crippen LogP contribution in [0.25, 0.3) is 0 Å². The van der Waals surface area contributed by atoms with Crippen LogP contribution in [0.3, 0.4) is 0 Å². The Morgan fingerprint density at radius 2 is 2.04 bits per heavy atom. The Labute approximate surface area is 157 Å². The van der Waals surface area contributed by atoms with Crippen LogP contribution < -0.4 is 20.1 Å². The van der Waals surface area contributed by atoms with E-state index in [1.807, 2.05) is 4.90 Å². The topological polar surface area (TPSA) is 95.5 Å². The molecule has 3 aliphatic heterocycles. The number of nitrogens with one attached hydrogen (secondary N) is 2. The Kier molecular flexibility index (Phi) is 4.85. The van der Waals surface area contributed by atoms with Crippen LogP contribution in [0.15, 0.2) is 23.2 Å². The summed E-state index contributed by atoms with van der Waals surface area (Å²) in [6, 6.07) is 4.44. The van der Waals surface area contributed by atoms with Crippen LogP contribution in [-0.4, -0.2) is 73.1 Å². The van der Waals surface area contributed by atoms with Crippen LogP contribution >= 0.6 is 0 Å². The number of likely N-dealkylation sites (N-methyl/N-ethyl adjacent to an activating group) is 1. The zero-order valence-electron chi connectivity index (χ0n) is 15.2. The lowest BCUT2D eigenvalue weighted by molar-refractivity contribution is -0.125. The van der Waals surface area contributed by atoms with Crippen LogP contribution in [0.4, 0.5) is 5.69 Å². The van der Waals surface area contributed by atoms with Gasteiger partial charge in [0, 0.05) is 37.9 Å². The summed E-state index contributed by atoms with van der Waals surface area (Å²) in [4.78, 5) is 33.6. The van der Waals surface area contributed by atoms with Crippen molar-refractivity contribution in [2.24, 2.45) is 4.99 Å². The maximum absolute atomic E-state index is 12.6. The number of hydrogen-bond donors (Lipinski definition) is 2. The molecule has 1 atom stereocenters. The number of anilines is 1. The van der Waals surface area contributed by atoms with Crippen LogP contribution in [0.2, 0.25) is 0 Å². The number of guanidine groups is 1. The minimum Gasteiger partial charge on any atom is -0.454 e. The molecule has 0 saturated carbocycles. The smallest absolute Gasteiger partial charge is 0.249 e. The average molecular weight is 373 g/mol. The standard InChI is InChI=1S/C18H23N5O4/c1-2-22-5-7-23(8-6-22)18-20-13(10-16(24)21-18)17(25)19-12-3-4-14-15(9-12)27-11-26-14/h3-4,9,13H,2,5-8,10-11H2,1H3,(H,19,25)(H,20,21,24)/t13-/m0/s1. The predicted octanol–water partition coefficient (Wildman–Crippen LogP) is 0.236. The van der Waals surface area contributed by atoms with Crippen LogP contribution in [0, 0.1) is 0 Å². The van der Waals surface area contributed by atoms with Gasteiger partial charge >= 0.3 is 0 Å². The first-order valence-electron chi connectivity index (χ1n) is 9.18. The molecule has 3 aliphatic rings. The third kappa shape index (κ3) is 3.82. The molecule has 0 spiro atoms. The van der Waals surface area contributed by atoms with Gasteiger partial charge in [-0.05, 0) is 18.7 Å². The molecule has 0 unspecified atom stereocenters. The summed E-state index contributed by atoms with van der Waals surface area (Å²) in [6.45, 7) is 6.71. The summed E-state index contributed by atoms with van der Waals surface area (Å²) >= 11 is 0. The first kappa shape index (κ1) is 17.6. The maximum atomic E-state index is 12.6. The number of rotatable bonds is 3. The Morgan fingerprint density at radius 3 is 2.81 bits per heavy atom. The number of fused-ring (bicyclic) bond motifs is 1. The highest BCUT2D eigenvalue weighted by Crippen LogP contribution is 2.34. The molecule has 3 heterocycles. The van der Waals surface area contributed by atoms with Gasteiger partial charge in [-0.3, -0.25) is 14.9 Å². The van der Waals surface area contributed by atoms with Crippen molar-refractivity contribution in [1.82, 2.24) is 15.1 Å². The predicted molar refractivity (Wildman–Crippen MR) is 98.9 cm³/mol. The molecule has 2 N–H and O–H groups in total. The van der Waals surface area contributed by atoms with E-state index in [1.165, 1.54) is 0 Å². The van der Waals surface area contributed by atoms with Crippen molar-refractivity contribution in [3.63, 3.8) is 0 Å². The number of piperazine rings is 1. The van der Waals surface area contributed by atoms with Crippen molar-refractivity contribution >= 4 is 23.5 Å². The van der Waals surface area contributed by atoms with E-state index in [0.717, 1.165) is 32.7 Å². The fourth-order valence-corrected chi connectivity index (χ4v) is 3.36. The number of aliphatic imine (C=N–C) groups is 1. The van der Waals surface area contributed by atoms with Crippen molar-refractivity contribution in [1.29, 1.82) is 0 Å². The molecule has 9 nitrogen and oxygen atoms in total. The lowest BCUT2D eigenvalue weighted by Gasteiger charge is -2.37. The summed E-state index contributed by atoms with van der Waals surface area (Å²) in [5, 5.41) is 5.62. The lowest BCUT2D eigenvalue weighted by atomic mass is 10.1. The maximum Gasteiger partial charge on any atom is 0.249 e. The molecule has 27 heavy (non-hydrogen) atoms. The highest BCUT2D eigenvalue weighted by molar-refractivity contribution is 6.06. The van der Waals surface area contributed by atoms with Gasteiger partial charge in [-0.1, -0.05) is 6.92 Å². The van der Waals surface area contributed by atoms with Crippen LogP contribution in [0.5, 0.6) is 11.5 Å². The van der Waals surface area contributed by atoms with Crippen molar-refractivity contribution in [3.05, 3.63) is 18.2 Å². The SMILES string of the molecule is CCN1CCN(C2=N[C@H](C(=O)Nc3ccc4c(c3)OCO4)CC(=O)N2)CC1. The Morgan fingerprint density at radius 1 is 1.26 bits per heavy atom. The first-order valence-corrected chi connectivity index (χ1v) is 9.18. The number of hydrogen-bond acceptors (Lipinski definition) is 7. The zero-order valence-corrected chi connectivity index (χ0v) is 15.2. The molecule has 144 valence electrons. The lowest BCUT2D eigenvalue weighted by Crippen LogP contribution is -2.56. The van der Waals surface area contributed by atoms with E-state index in [4.69, 9.17) is 9.47 Å². The molecule has 1 saturated heterocycles. The fourth-order valence-electron chi connectivity index (χ4n) is 3.36. The van der Waals surface area contributed by atoms with E-state index in [2.05, 4.69) is 27.4 Å². The van der Waals surface area contributed by atoms with E-state index in [0.29, 0.717) is 23.1 Å². The van der Waals surface area contributed by atoms with Crippen molar-refractivity contribution < 1.29 is 19.1 Å². The van der Waals surface area contributed by atoms with E-state index < -0.39 is 6.04 Å². The minimum absolute atomic E-state index is 0.0365. The number of ether oxygens (including phenoxy) is 2. The molecule has 9 heteroatoms. The molecule has 1 fully saturated rings. The summed E-state index contributed by atoms with van der Waals surface area (Å²) in [6.07, 6.45) is 0.0365. The highest BCUT2D eigenvalue weighted by atomic mass is 16.7. The quantitative estimate of drug-likeness (QED) is 0.788. The molecular formula is C18H23N5O4. The molecular weight excluding hydrogens is 350 g/mol. The molecule has 0 aromatic heterocycles. The normalized spacial score (nSPS) is 22.3. The second kappa shape index (κ2) is 7.43. The van der Waals surface area contributed by atoms with E-state index in [9.17, 15) is 9.59 Å². The molecule has 0 aliphatic carbocycles. The van der Waals surface area contributed by atoms with Crippen molar-refractivity contribution in [2.45, 2.75) is 19.4 Å². The zero-order chi connectivity index (χ0) is 18.8. The van der Waals surface area contributed by atoms with Gasteiger partial charge in [0.05, 0.1) is 6.42 Å². The number of carbonyl (C=O) groups is 2. The molecule has 2 amide bonds. The Hall–Kier alpha value is -2.81. The van der Waals surface area contributed by atoms with E-state index in [1.54, 1.807) is 18.2 Å². The molecule has 0 bridgehead atoms. The van der Waals surface area contributed by atoms with Gasteiger partial charge < -0.3 is 24.6 Å². The fraction of sp³-hybridized carbons (Fsp3) is 0.500.